The molecule has 0 unspecified atom stereocenters. The van der Waals surface area contributed by atoms with Crippen LogP contribution in [0, 0.1) is 78.0 Å². The van der Waals surface area contributed by atoms with E-state index in [0.717, 1.165) is 95.1 Å². The number of hydrogen-bond acceptors (Lipinski definition) is 6. The minimum atomic E-state index is -0.240. The largest absolute Gasteiger partial charge is 0.518 e. The molecule has 77 heavy (non-hydrogen) atoms. The van der Waals surface area contributed by atoms with E-state index in [0.29, 0.717) is 6.42 Å². The molecule has 0 saturated heterocycles. The molecule has 0 N–H and O–H groups in total. The number of aromatic nitrogens is 4. The first kappa shape index (κ1) is 50.0. The second kappa shape index (κ2) is 19.1. The summed E-state index contributed by atoms with van der Waals surface area (Å²) in [5.74, 6) is 3.04. The molecule has 378 valence electrons. The van der Waals surface area contributed by atoms with Gasteiger partial charge in [0.1, 0.15) is 11.5 Å². The average molecular weight is 1390 g/mol. The summed E-state index contributed by atoms with van der Waals surface area (Å²) in [5, 5.41) is 9.76. The fourth-order valence-electron chi connectivity index (χ4n) is 12.3. The first-order valence-electron chi connectivity index (χ1n) is 25.3. The van der Waals surface area contributed by atoms with Crippen LogP contribution in [0.3, 0.4) is 0 Å². The normalized spacial score (nSPS) is 13.8. The summed E-state index contributed by atoms with van der Waals surface area (Å²) in [4.78, 5) is 4.96. The van der Waals surface area contributed by atoms with Crippen molar-refractivity contribution in [3.8, 4) is 56.6 Å². The Morgan fingerprint density at radius 3 is 1.58 bits per heavy atom. The van der Waals surface area contributed by atoms with E-state index in [1.165, 1.54) is 69.6 Å². The Bertz CT molecular complexity index is 4160. The van der Waals surface area contributed by atoms with Gasteiger partial charge in [-0.3, -0.25) is 27.1 Å². The maximum atomic E-state index is 6.63. The van der Waals surface area contributed by atoms with Crippen LogP contribution in [0.25, 0.3) is 44.8 Å². The van der Waals surface area contributed by atoms with Crippen LogP contribution >= 0.6 is 23.5 Å². The van der Waals surface area contributed by atoms with Gasteiger partial charge >= 0.3 is 0 Å². The topological polar surface area (TPSA) is 54.1 Å². The predicted octanol–water partition coefficient (Wildman–Crippen LogP) is 11.1. The predicted molar refractivity (Wildman–Crippen MR) is 303 cm³/mol. The van der Waals surface area contributed by atoms with E-state index in [9.17, 15) is 0 Å². The average Bonchev–Trinajstić information content (AvgIpc) is 4.22. The molecule has 0 amide bonds. The molecule has 2 aromatic heterocycles. The summed E-state index contributed by atoms with van der Waals surface area (Å²) in [6.45, 7) is 12.7. The Morgan fingerprint density at radius 1 is 0.494 bits per heavy atom. The molecule has 4 aliphatic heterocycles. The summed E-state index contributed by atoms with van der Waals surface area (Å²) in [6, 6.07) is 54.2. The van der Waals surface area contributed by atoms with Gasteiger partial charge in [0, 0.05) is 82.6 Å². The van der Waals surface area contributed by atoms with Crippen molar-refractivity contribution in [3.05, 3.63) is 215 Å². The van der Waals surface area contributed by atoms with Gasteiger partial charge < -0.3 is 32.8 Å². The molecule has 10 aromatic rings. The van der Waals surface area contributed by atoms with E-state index < -0.39 is 0 Å². The van der Waals surface area contributed by atoms with Crippen LogP contribution in [-0.2, 0) is 42.1 Å². The minimum Gasteiger partial charge on any atom is -0.518 e. The Morgan fingerprint density at radius 2 is 0.974 bits per heavy atom. The van der Waals surface area contributed by atoms with E-state index in [4.69, 9.17) is 19.7 Å². The third kappa shape index (κ3) is 8.19. The van der Waals surface area contributed by atoms with Gasteiger partial charge in [0.05, 0.1) is 12.4 Å². The van der Waals surface area contributed by atoms with Crippen molar-refractivity contribution in [2.45, 2.75) is 67.5 Å². The van der Waals surface area contributed by atoms with Crippen LogP contribution in [0.2, 0.25) is 0 Å². The van der Waals surface area contributed by atoms with Gasteiger partial charge in [-0.1, -0.05) is 52.4 Å². The second-order valence-corrected chi connectivity index (χ2v) is 22.5. The SMILES string of the molecule is Cc1cc(C)c(-c2cnn(-c3[c-]c4c(cc3)Oc3cccc5c3B4c3[c-]c(C4=[C-]CC(c6[c-]c7c(cc6)Sc6cccc8c6B7c6[c-]c(-n7cc(-c9c(C)cc(C)cc9C)cn7)ccc6S8)=[C-]4)ccc3O5)c2)c(C)c1.[Pt].[Pt]. The van der Waals surface area contributed by atoms with Crippen molar-refractivity contribution < 1.29 is 51.6 Å². The number of ether oxygens (including phenoxy) is 2. The van der Waals surface area contributed by atoms with Gasteiger partial charge in [-0.05, 0) is 126 Å². The molecule has 0 atom stereocenters. The van der Waals surface area contributed by atoms with Crippen molar-refractivity contribution in [1.29, 1.82) is 0 Å². The van der Waals surface area contributed by atoms with Gasteiger partial charge in [-0.25, -0.2) is 0 Å². The third-order valence-corrected chi connectivity index (χ3v) is 17.6. The molecule has 15 rings (SSSR count). The van der Waals surface area contributed by atoms with Gasteiger partial charge in [0.25, 0.3) is 0 Å². The number of hydrogen-bond donors (Lipinski definition) is 0. The molecule has 0 radical (unpaired) electrons. The second-order valence-electron chi connectivity index (χ2n) is 20.4. The van der Waals surface area contributed by atoms with Gasteiger partial charge in [0.2, 0.25) is 13.4 Å². The summed E-state index contributed by atoms with van der Waals surface area (Å²) in [7, 11) is 0. The molecule has 6 nitrogen and oxygen atoms in total. The zero-order valence-corrected chi connectivity index (χ0v) is 48.8. The monoisotopic (exact) mass is 1390 g/mol. The molecular weight excluding hydrogens is 1340 g/mol. The number of benzene rings is 8. The van der Waals surface area contributed by atoms with Crippen LogP contribution in [0.4, 0.5) is 0 Å². The van der Waals surface area contributed by atoms with Crippen LogP contribution in [0.15, 0.2) is 154 Å². The van der Waals surface area contributed by atoms with Crippen molar-refractivity contribution in [2.24, 2.45) is 0 Å². The number of aryl methyl sites for hydroxylation is 6. The van der Waals surface area contributed by atoms with Crippen molar-refractivity contribution in [1.82, 2.24) is 19.6 Å². The van der Waals surface area contributed by atoms with E-state index >= 15 is 0 Å². The maximum Gasteiger partial charge on any atom is 0.212 e. The van der Waals surface area contributed by atoms with E-state index in [1.807, 2.05) is 75.6 Å². The molecule has 8 aromatic carbocycles. The maximum absolute atomic E-state index is 6.63. The smallest absolute Gasteiger partial charge is 0.212 e. The Balaban J connectivity index is 0.00000283. The Kier molecular flexibility index (Phi) is 12.4. The van der Waals surface area contributed by atoms with Gasteiger partial charge in [0.15, 0.2) is 0 Å². The number of nitrogens with zero attached hydrogens (tertiary/aromatic N) is 4. The number of rotatable bonds is 6. The van der Waals surface area contributed by atoms with Crippen molar-refractivity contribution in [2.75, 3.05) is 0 Å². The quantitative estimate of drug-likeness (QED) is 0.122. The van der Waals surface area contributed by atoms with E-state index in [2.05, 4.69) is 169 Å². The minimum absolute atomic E-state index is 0. The Hall–Kier alpha value is -6.53. The fraction of sp³-hybridized carbons (Fsp3) is 0.108. The third-order valence-electron chi connectivity index (χ3n) is 15.3. The van der Waals surface area contributed by atoms with Gasteiger partial charge in [-0.2, -0.15) is 57.6 Å². The molecule has 12 heteroatoms. The summed E-state index contributed by atoms with van der Waals surface area (Å²) in [6.07, 6.45) is 16.2. The van der Waals surface area contributed by atoms with E-state index in [-0.39, 0.29) is 55.6 Å². The summed E-state index contributed by atoms with van der Waals surface area (Å²) < 4.78 is 17.1. The zero-order valence-electron chi connectivity index (χ0n) is 42.6. The van der Waals surface area contributed by atoms with Crippen LogP contribution in [0.5, 0.6) is 23.0 Å². The van der Waals surface area contributed by atoms with E-state index in [1.54, 1.807) is 0 Å². The molecule has 1 aliphatic carbocycles. The number of allylic oxidation sites excluding steroid dienone is 4. The molecule has 0 saturated carbocycles. The molecule has 6 heterocycles. The molecule has 5 aliphatic rings. The molecule has 0 fully saturated rings. The molecular formula is C65H42B2N4O2Pt2S2-6. The van der Waals surface area contributed by atoms with Crippen LogP contribution in [-0.4, -0.2) is 33.0 Å². The molecule has 0 bridgehead atoms. The van der Waals surface area contributed by atoms with Crippen LogP contribution < -0.4 is 42.3 Å². The van der Waals surface area contributed by atoms with Crippen molar-refractivity contribution >= 4 is 80.9 Å². The molecule has 0 spiro atoms. The van der Waals surface area contributed by atoms with Crippen LogP contribution in [0.1, 0.15) is 50.9 Å². The zero-order chi connectivity index (χ0) is 50.4. The number of fused-ring (bicyclic) bond motifs is 8. The standard InChI is InChI=1S/C65H42B2N4O2S2.2Pt/c1-36-23-38(3)62(39(4)24-36)46-32-68-70(34-46)48-17-20-55-51(30-48)66-50-28-44(15-19-54(50)72-56-9-7-10-57(73-55)64(56)66)42-13-14-43(27-42)45-16-21-58-52(29-45)67-53-31-49(18-22-59(53)75-61-12-8-11-60(74-58)65(61)67)71-35-47(33-69-71)63-40(5)25-37(2)26-41(63)6;;/h7-12,15-26,32-35H,14H2,1-6H3;;/q-6;;. The fourth-order valence-corrected chi connectivity index (χ4v) is 14.6. The summed E-state index contributed by atoms with van der Waals surface area (Å²) >= 11 is 3.66. The van der Waals surface area contributed by atoms with Crippen molar-refractivity contribution in [3.63, 3.8) is 0 Å². The first-order chi connectivity index (χ1) is 36.6. The van der Waals surface area contributed by atoms with Gasteiger partial charge in [-0.15, -0.1) is 75.5 Å². The first-order valence-corrected chi connectivity index (χ1v) is 26.9. The Labute approximate surface area is 487 Å². The summed E-state index contributed by atoms with van der Waals surface area (Å²) in [5.41, 5.74) is 24.1.